The zero-order valence-electron chi connectivity index (χ0n) is 17.1. The largest absolute Gasteiger partial charge is 0.450 e. The molecule has 0 aliphatic carbocycles. The quantitative estimate of drug-likeness (QED) is 0.476. The van der Waals surface area contributed by atoms with Crippen molar-refractivity contribution >= 4 is 23.5 Å². The third-order valence-electron chi connectivity index (χ3n) is 4.84. The maximum atomic E-state index is 11.4. The zero-order chi connectivity index (χ0) is 19.5. The van der Waals surface area contributed by atoms with Gasteiger partial charge in [-0.05, 0) is 37.9 Å². The smallest absolute Gasteiger partial charge is 0.407 e. The zero-order valence-corrected chi connectivity index (χ0v) is 17.9. The van der Waals surface area contributed by atoms with Crippen LogP contribution in [0.25, 0.3) is 0 Å². The molecular formula is C21H35N3O2S. The van der Waals surface area contributed by atoms with Crippen LogP contribution < -0.4 is 10.2 Å². The molecule has 2 rings (SSSR count). The Balaban J connectivity index is 1.72. The lowest BCUT2D eigenvalue weighted by Crippen LogP contribution is -2.47. The van der Waals surface area contributed by atoms with Crippen LogP contribution in [-0.2, 0) is 4.74 Å². The summed E-state index contributed by atoms with van der Waals surface area (Å²) in [7, 11) is 0. The maximum Gasteiger partial charge on any atom is 0.407 e. The van der Waals surface area contributed by atoms with Crippen LogP contribution >= 0.6 is 11.8 Å². The molecule has 1 aromatic carbocycles. The molecule has 0 bridgehead atoms. The number of carbonyl (C=O) groups excluding carboxylic acids is 1. The fraction of sp³-hybridized carbons (Fsp3) is 0.667. The molecule has 0 saturated carbocycles. The summed E-state index contributed by atoms with van der Waals surface area (Å²) >= 11 is 1.98. The highest BCUT2D eigenvalue weighted by Gasteiger charge is 2.19. The van der Waals surface area contributed by atoms with Crippen molar-refractivity contribution in [2.75, 3.05) is 50.8 Å². The Morgan fingerprint density at radius 3 is 2.67 bits per heavy atom. The number of nitrogens with zero attached hydrogens (tertiary/aromatic N) is 2. The van der Waals surface area contributed by atoms with Gasteiger partial charge in [-0.2, -0.15) is 0 Å². The normalized spacial score (nSPS) is 16.2. The van der Waals surface area contributed by atoms with E-state index >= 15 is 0 Å². The van der Waals surface area contributed by atoms with Crippen molar-refractivity contribution in [3.63, 3.8) is 0 Å². The van der Waals surface area contributed by atoms with Gasteiger partial charge in [0, 0.05) is 42.9 Å². The van der Waals surface area contributed by atoms with Gasteiger partial charge in [0.2, 0.25) is 0 Å². The van der Waals surface area contributed by atoms with E-state index in [4.69, 9.17) is 4.74 Å². The molecule has 0 unspecified atom stereocenters. The molecule has 0 spiro atoms. The third-order valence-corrected chi connectivity index (χ3v) is 6.17. The van der Waals surface area contributed by atoms with Crippen LogP contribution in [0.5, 0.6) is 0 Å². The second kappa shape index (κ2) is 12.1. The third kappa shape index (κ3) is 7.62. The van der Waals surface area contributed by atoms with Crippen molar-refractivity contribution in [2.45, 2.75) is 50.2 Å². The minimum absolute atomic E-state index is 0.294. The summed E-state index contributed by atoms with van der Waals surface area (Å²) < 4.78 is 5.02. The first kappa shape index (κ1) is 21.9. The van der Waals surface area contributed by atoms with Crippen LogP contribution in [0.1, 0.15) is 40.0 Å². The van der Waals surface area contributed by atoms with E-state index in [1.54, 1.807) is 0 Å². The van der Waals surface area contributed by atoms with Gasteiger partial charge in [0.15, 0.2) is 0 Å². The van der Waals surface area contributed by atoms with Gasteiger partial charge in [-0.1, -0.05) is 32.9 Å². The van der Waals surface area contributed by atoms with Gasteiger partial charge in [-0.15, -0.1) is 11.8 Å². The van der Waals surface area contributed by atoms with Gasteiger partial charge in [0.1, 0.15) is 0 Å². The molecule has 0 aromatic heterocycles. The number of hydrogen-bond donors (Lipinski definition) is 1. The Labute approximate surface area is 168 Å². The summed E-state index contributed by atoms with van der Waals surface area (Å²) in [5.74, 6) is 0. The number of alkyl carbamates (subject to hydrolysis) is 1. The van der Waals surface area contributed by atoms with E-state index in [1.807, 2.05) is 18.7 Å². The molecule has 0 radical (unpaired) electrons. The Morgan fingerprint density at radius 2 is 1.96 bits per heavy atom. The molecule has 1 saturated heterocycles. The lowest BCUT2D eigenvalue weighted by molar-refractivity contribution is 0.145. The summed E-state index contributed by atoms with van der Waals surface area (Å²) in [6, 6.07) is 8.79. The van der Waals surface area contributed by atoms with Crippen molar-refractivity contribution in [1.29, 1.82) is 0 Å². The topological polar surface area (TPSA) is 44.8 Å². The summed E-state index contributed by atoms with van der Waals surface area (Å²) in [5, 5.41) is 3.46. The summed E-state index contributed by atoms with van der Waals surface area (Å²) in [5.41, 5.74) is 1.38. The number of nitrogens with one attached hydrogen (secondary N) is 1. The highest BCUT2D eigenvalue weighted by atomic mass is 32.2. The number of rotatable bonds is 10. The molecule has 152 valence electrons. The fourth-order valence-corrected chi connectivity index (χ4v) is 4.14. The molecule has 1 fully saturated rings. The second-order valence-corrected chi connectivity index (χ2v) is 8.53. The van der Waals surface area contributed by atoms with Crippen molar-refractivity contribution < 1.29 is 9.53 Å². The molecule has 27 heavy (non-hydrogen) atoms. The first-order valence-electron chi connectivity index (χ1n) is 10.3. The number of piperazine rings is 1. The van der Waals surface area contributed by atoms with Crippen molar-refractivity contribution in [2.24, 2.45) is 0 Å². The number of para-hydroxylation sites is 1. The van der Waals surface area contributed by atoms with Crippen LogP contribution in [0.3, 0.4) is 0 Å². The van der Waals surface area contributed by atoms with Crippen molar-refractivity contribution in [3.8, 4) is 0 Å². The first-order chi connectivity index (χ1) is 13.1. The lowest BCUT2D eigenvalue weighted by atomic mass is 10.2. The molecule has 6 heteroatoms. The molecule has 1 atom stereocenters. The van der Waals surface area contributed by atoms with Gasteiger partial charge >= 0.3 is 6.09 Å². The van der Waals surface area contributed by atoms with Crippen molar-refractivity contribution in [3.05, 3.63) is 24.3 Å². The van der Waals surface area contributed by atoms with E-state index in [9.17, 15) is 4.79 Å². The molecule has 1 heterocycles. The predicted octanol–water partition coefficient (Wildman–Crippen LogP) is 4.23. The number of thioether (sulfide) groups is 1. The van der Waals surface area contributed by atoms with E-state index in [0.29, 0.717) is 18.4 Å². The molecule has 1 aliphatic heterocycles. The van der Waals surface area contributed by atoms with E-state index < -0.39 is 0 Å². The summed E-state index contributed by atoms with van der Waals surface area (Å²) in [6.45, 7) is 13.0. The Bertz CT molecular complexity index is 562. The highest BCUT2D eigenvalue weighted by molar-refractivity contribution is 8.00. The second-order valence-electron chi connectivity index (χ2n) is 7.05. The number of ether oxygens (including phenoxy) is 1. The first-order valence-corrected chi connectivity index (χ1v) is 11.2. The van der Waals surface area contributed by atoms with Gasteiger partial charge in [0.25, 0.3) is 0 Å². The van der Waals surface area contributed by atoms with E-state index in [1.165, 1.54) is 17.0 Å². The molecular weight excluding hydrogens is 358 g/mol. The number of amides is 1. The SMILES string of the molecule is CCCOC(=O)NCCCN1CCN(c2ccccc2S[C@H](C)CC)CC1. The molecule has 1 aliphatic rings. The number of anilines is 1. The van der Waals surface area contributed by atoms with Crippen LogP contribution in [0.4, 0.5) is 10.5 Å². The minimum atomic E-state index is -0.294. The van der Waals surface area contributed by atoms with Crippen LogP contribution in [0.15, 0.2) is 29.2 Å². The van der Waals surface area contributed by atoms with Gasteiger partial charge in [-0.3, -0.25) is 4.90 Å². The Kier molecular flexibility index (Phi) is 9.84. The minimum Gasteiger partial charge on any atom is -0.450 e. The van der Waals surface area contributed by atoms with Crippen LogP contribution in [0.2, 0.25) is 0 Å². The van der Waals surface area contributed by atoms with Crippen LogP contribution in [-0.4, -0.2) is 62.1 Å². The van der Waals surface area contributed by atoms with E-state index in [-0.39, 0.29) is 6.09 Å². The number of carbonyl (C=O) groups is 1. The lowest BCUT2D eigenvalue weighted by Gasteiger charge is -2.37. The van der Waals surface area contributed by atoms with Gasteiger partial charge in [0.05, 0.1) is 12.3 Å². The Morgan fingerprint density at radius 1 is 1.22 bits per heavy atom. The maximum absolute atomic E-state index is 11.4. The molecule has 1 N–H and O–H groups in total. The van der Waals surface area contributed by atoms with Crippen molar-refractivity contribution in [1.82, 2.24) is 10.2 Å². The average Bonchev–Trinajstić information content (AvgIpc) is 2.70. The summed E-state index contributed by atoms with van der Waals surface area (Å²) in [4.78, 5) is 17.8. The standard InChI is InChI=1S/C21H35N3O2S/c1-4-17-26-21(25)22-11-8-12-23-13-15-24(16-14-23)19-9-6-7-10-20(19)27-18(3)5-2/h6-7,9-10,18H,4-5,8,11-17H2,1-3H3,(H,22,25)/t18-/m1/s1. The predicted molar refractivity (Wildman–Crippen MR) is 115 cm³/mol. The van der Waals surface area contributed by atoms with Gasteiger partial charge < -0.3 is 15.0 Å². The number of benzene rings is 1. The number of hydrogen-bond acceptors (Lipinski definition) is 5. The van der Waals surface area contributed by atoms with E-state index in [0.717, 1.165) is 45.6 Å². The molecule has 1 aromatic rings. The highest BCUT2D eigenvalue weighted by Crippen LogP contribution is 2.34. The Hall–Kier alpha value is -1.40. The molecule has 1 amide bonds. The van der Waals surface area contributed by atoms with Crippen LogP contribution in [0, 0.1) is 0 Å². The summed E-state index contributed by atoms with van der Waals surface area (Å²) in [6.07, 6.45) is 2.71. The average molecular weight is 394 g/mol. The molecule has 5 nitrogen and oxygen atoms in total. The fourth-order valence-electron chi connectivity index (χ4n) is 3.07. The van der Waals surface area contributed by atoms with Gasteiger partial charge in [-0.25, -0.2) is 4.79 Å². The monoisotopic (exact) mass is 393 g/mol. The van der Waals surface area contributed by atoms with E-state index in [2.05, 4.69) is 53.2 Å².